The second-order valence-corrected chi connectivity index (χ2v) is 10.2. The van der Waals surface area contributed by atoms with E-state index < -0.39 is 17.7 Å². The van der Waals surface area contributed by atoms with Crippen LogP contribution in [0.3, 0.4) is 0 Å². The Labute approximate surface area is 221 Å². The monoisotopic (exact) mass is 522 g/mol. The van der Waals surface area contributed by atoms with Crippen molar-refractivity contribution >= 4 is 36.2 Å². The Hall–Kier alpha value is -2.42. The molecule has 1 fully saturated rings. The number of carbonyl (C=O) groups excluding carboxylic acids is 3. The zero-order chi connectivity index (χ0) is 25.8. The number of rotatable bonds is 11. The fourth-order valence-corrected chi connectivity index (χ4v) is 4.44. The van der Waals surface area contributed by atoms with Crippen LogP contribution in [-0.4, -0.2) is 47.1 Å². The van der Waals surface area contributed by atoms with Crippen LogP contribution in [0.2, 0.25) is 0 Å². The van der Waals surface area contributed by atoms with Gasteiger partial charge in [0.05, 0.1) is 17.9 Å². The Bertz CT molecular complexity index is 841. The van der Waals surface area contributed by atoms with Crippen LogP contribution in [0.1, 0.15) is 65.4 Å². The average molecular weight is 523 g/mol. The van der Waals surface area contributed by atoms with E-state index in [9.17, 15) is 19.6 Å². The molecule has 1 heterocycles. The van der Waals surface area contributed by atoms with Gasteiger partial charge in [-0.1, -0.05) is 76.6 Å². The number of nitrogens with one attached hydrogen (secondary N) is 3. The van der Waals surface area contributed by atoms with Gasteiger partial charge in [-0.15, -0.1) is 12.4 Å². The maximum absolute atomic E-state index is 13.5. The van der Waals surface area contributed by atoms with Crippen molar-refractivity contribution in [1.82, 2.24) is 21.2 Å². The highest BCUT2D eigenvalue weighted by Crippen LogP contribution is 2.26. The Morgan fingerprint density at radius 2 is 1.75 bits per heavy atom. The van der Waals surface area contributed by atoms with Gasteiger partial charge in [-0.2, -0.15) is 0 Å². The molecule has 1 saturated heterocycles. The molecule has 0 unspecified atom stereocenters. The van der Waals surface area contributed by atoms with Gasteiger partial charge in [-0.25, -0.2) is 5.48 Å². The lowest BCUT2D eigenvalue weighted by molar-refractivity contribution is -0.149. The van der Waals surface area contributed by atoms with E-state index in [1.807, 2.05) is 70.2 Å². The number of piperidine rings is 1. The van der Waals surface area contributed by atoms with Crippen LogP contribution in [-0.2, 0) is 14.4 Å². The molecule has 1 aromatic carbocycles. The van der Waals surface area contributed by atoms with Gasteiger partial charge >= 0.3 is 0 Å². The van der Waals surface area contributed by atoms with Crippen LogP contribution in [0.4, 0.5) is 0 Å². The molecule has 202 valence electrons. The molecule has 0 spiro atoms. The van der Waals surface area contributed by atoms with Gasteiger partial charge in [0.25, 0.3) is 5.91 Å². The highest BCUT2D eigenvalue weighted by molar-refractivity contribution is 5.90. The normalized spacial score (nSPS) is 17.4. The molecule has 0 radical (unpaired) electrons. The van der Waals surface area contributed by atoms with Gasteiger partial charge in [-0.05, 0) is 49.6 Å². The molecule has 0 bridgehead atoms. The first-order valence-electron chi connectivity index (χ1n) is 12.7. The minimum Gasteiger partial charge on any atom is -0.306 e. The van der Waals surface area contributed by atoms with Crippen LogP contribution >= 0.6 is 12.4 Å². The molecule has 3 amide bonds. The number of hydrogen-bond donors (Lipinski definition) is 4. The minimum atomic E-state index is -0.786. The first-order chi connectivity index (χ1) is 16.7. The first-order valence-corrected chi connectivity index (χ1v) is 12.7. The van der Waals surface area contributed by atoms with Crippen LogP contribution in [0, 0.1) is 23.7 Å². The van der Waals surface area contributed by atoms with Gasteiger partial charge < -0.3 is 5.32 Å². The summed E-state index contributed by atoms with van der Waals surface area (Å²) in [6, 6.07) is 9.35. The number of benzene rings is 1. The lowest BCUT2D eigenvalue weighted by Gasteiger charge is -2.33. The third-order valence-electron chi connectivity index (χ3n) is 6.16. The molecule has 4 N–H and O–H groups in total. The fraction of sp³-hybridized carbons (Fsp3) is 0.593. The summed E-state index contributed by atoms with van der Waals surface area (Å²) in [4.78, 5) is 39.4. The summed E-state index contributed by atoms with van der Waals surface area (Å²) in [5, 5.41) is 14.1. The number of allylic oxidation sites excluding steroid dienone is 1. The summed E-state index contributed by atoms with van der Waals surface area (Å²) in [5.41, 5.74) is 5.56. The summed E-state index contributed by atoms with van der Waals surface area (Å²) in [6.07, 6.45) is 7.19. The smallest absolute Gasteiger partial charge is 0.258 e. The van der Waals surface area contributed by atoms with Crippen molar-refractivity contribution in [3.05, 3.63) is 42.0 Å². The van der Waals surface area contributed by atoms with E-state index in [1.165, 1.54) is 5.01 Å². The number of halogens is 1. The zero-order valence-electron chi connectivity index (χ0n) is 21.9. The van der Waals surface area contributed by atoms with Crippen molar-refractivity contribution in [3.8, 4) is 0 Å². The SMILES string of the molecule is CC(C)C[C@@H](C(=O)NN(CC(C)C)C(=O)[C@@H]1CCCCN1)[C@H](C/C=C/c1ccccc1)C(=O)NO.Cl. The summed E-state index contributed by atoms with van der Waals surface area (Å²) in [6.45, 7) is 9.10. The number of amides is 3. The van der Waals surface area contributed by atoms with Crippen molar-refractivity contribution in [2.45, 2.75) is 65.8 Å². The Morgan fingerprint density at radius 1 is 1.06 bits per heavy atom. The fourth-order valence-electron chi connectivity index (χ4n) is 4.44. The van der Waals surface area contributed by atoms with Crippen LogP contribution in [0.25, 0.3) is 6.08 Å². The van der Waals surface area contributed by atoms with Crippen molar-refractivity contribution in [2.75, 3.05) is 13.1 Å². The molecule has 1 aliphatic rings. The third kappa shape index (κ3) is 10.3. The number of hydroxylamine groups is 1. The van der Waals surface area contributed by atoms with E-state index in [-0.39, 0.29) is 48.5 Å². The molecular weight excluding hydrogens is 480 g/mol. The molecule has 36 heavy (non-hydrogen) atoms. The molecular formula is C27H43ClN4O4. The molecule has 3 atom stereocenters. The van der Waals surface area contributed by atoms with E-state index in [0.29, 0.717) is 13.0 Å². The topological polar surface area (TPSA) is 111 Å². The molecule has 0 aliphatic carbocycles. The number of hydrazine groups is 1. The van der Waals surface area contributed by atoms with Crippen molar-refractivity contribution in [3.63, 3.8) is 0 Å². The number of hydrogen-bond acceptors (Lipinski definition) is 5. The predicted octanol–water partition coefficient (Wildman–Crippen LogP) is 3.95. The average Bonchev–Trinajstić information content (AvgIpc) is 2.85. The summed E-state index contributed by atoms with van der Waals surface area (Å²) in [7, 11) is 0. The number of nitrogens with zero attached hydrogens (tertiary/aromatic N) is 1. The first kappa shape index (κ1) is 31.6. The van der Waals surface area contributed by atoms with Gasteiger partial charge in [0, 0.05) is 6.54 Å². The summed E-state index contributed by atoms with van der Waals surface area (Å²) < 4.78 is 0. The Morgan fingerprint density at radius 3 is 2.31 bits per heavy atom. The van der Waals surface area contributed by atoms with Crippen molar-refractivity contribution in [2.24, 2.45) is 23.7 Å². The van der Waals surface area contributed by atoms with Crippen molar-refractivity contribution in [1.29, 1.82) is 0 Å². The predicted molar refractivity (Wildman–Crippen MR) is 144 cm³/mol. The van der Waals surface area contributed by atoms with Gasteiger partial charge in [0.1, 0.15) is 0 Å². The highest BCUT2D eigenvalue weighted by atomic mass is 35.5. The van der Waals surface area contributed by atoms with Gasteiger partial charge in [-0.3, -0.25) is 30.0 Å². The third-order valence-corrected chi connectivity index (χ3v) is 6.16. The summed E-state index contributed by atoms with van der Waals surface area (Å²) >= 11 is 0. The van der Waals surface area contributed by atoms with Gasteiger partial charge in [0.15, 0.2) is 0 Å². The van der Waals surface area contributed by atoms with E-state index in [4.69, 9.17) is 0 Å². The molecule has 1 aromatic rings. The molecule has 1 aliphatic heterocycles. The summed E-state index contributed by atoms with van der Waals surface area (Å²) in [5.74, 6) is -2.37. The van der Waals surface area contributed by atoms with Crippen molar-refractivity contribution < 1.29 is 19.6 Å². The Kier molecular flexibility index (Phi) is 14.4. The molecule has 2 rings (SSSR count). The standard InChI is InChI=1S/C27H42N4O4.ClH/c1-19(2)17-23(22(26(33)30-35)14-10-13-21-11-6-5-7-12-21)25(32)29-31(18-20(3)4)27(34)24-15-8-9-16-28-24;/h5-7,10-13,19-20,22-24,28,35H,8-9,14-18H2,1-4H3,(H,29,32)(H,30,33);1H/b13-10+;/t22-,23+,24-;/m0./s1. The minimum absolute atomic E-state index is 0. The molecule has 0 saturated carbocycles. The zero-order valence-corrected chi connectivity index (χ0v) is 22.7. The maximum Gasteiger partial charge on any atom is 0.258 e. The largest absolute Gasteiger partial charge is 0.306 e. The Balaban J connectivity index is 0.00000648. The quantitative estimate of drug-likeness (QED) is 0.260. The van der Waals surface area contributed by atoms with E-state index >= 15 is 0 Å². The van der Waals surface area contributed by atoms with Crippen LogP contribution in [0.15, 0.2) is 36.4 Å². The maximum atomic E-state index is 13.5. The number of carbonyl (C=O) groups is 3. The highest BCUT2D eigenvalue weighted by Gasteiger charge is 2.36. The van der Waals surface area contributed by atoms with E-state index in [2.05, 4.69) is 10.7 Å². The molecule has 9 heteroatoms. The van der Waals surface area contributed by atoms with E-state index in [1.54, 1.807) is 5.48 Å². The van der Waals surface area contributed by atoms with Gasteiger partial charge in [0.2, 0.25) is 11.8 Å². The van der Waals surface area contributed by atoms with Crippen LogP contribution < -0.4 is 16.2 Å². The second kappa shape index (κ2) is 16.3. The van der Waals surface area contributed by atoms with Crippen LogP contribution in [0.5, 0.6) is 0 Å². The lowest BCUT2D eigenvalue weighted by atomic mass is 9.82. The van der Waals surface area contributed by atoms with E-state index in [0.717, 1.165) is 31.4 Å². The molecule has 0 aromatic heterocycles. The molecule has 8 nitrogen and oxygen atoms in total. The second-order valence-electron chi connectivity index (χ2n) is 10.2. The lowest BCUT2D eigenvalue weighted by Crippen LogP contribution is -2.57.